The van der Waals surface area contributed by atoms with Crippen molar-refractivity contribution in [3.05, 3.63) is 23.9 Å². The number of nitrogens with one attached hydrogen (secondary N) is 1. The molecule has 0 spiro atoms. The van der Waals surface area contributed by atoms with Crippen LogP contribution in [0.1, 0.15) is 39.2 Å². The fourth-order valence-electron chi connectivity index (χ4n) is 2.73. The molecule has 2 heterocycles. The SMILES string of the molecule is CCCNc1cc(CN2CCC(C(C)C)C2)ccn1. The highest BCUT2D eigenvalue weighted by molar-refractivity contribution is 5.37. The Hall–Kier alpha value is -1.09. The number of hydrogen-bond donors (Lipinski definition) is 1. The Bertz CT molecular complexity index is 389. The zero-order chi connectivity index (χ0) is 13.7. The van der Waals surface area contributed by atoms with E-state index in [2.05, 4.69) is 48.1 Å². The molecule has 1 aromatic heterocycles. The summed E-state index contributed by atoms with van der Waals surface area (Å²) in [6, 6.07) is 4.33. The first kappa shape index (κ1) is 14.3. The number of pyridine rings is 1. The Labute approximate surface area is 117 Å². The maximum Gasteiger partial charge on any atom is 0.126 e. The second kappa shape index (κ2) is 6.90. The molecule has 1 N–H and O–H groups in total. The van der Waals surface area contributed by atoms with E-state index in [1.807, 2.05) is 6.20 Å². The molecule has 3 heteroatoms. The summed E-state index contributed by atoms with van der Waals surface area (Å²) in [4.78, 5) is 6.94. The normalized spacial score (nSPS) is 20.1. The number of nitrogens with zero attached hydrogens (tertiary/aromatic N) is 2. The lowest BCUT2D eigenvalue weighted by molar-refractivity contribution is 0.297. The smallest absolute Gasteiger partial charge is 0.126 e. The first-order valence-corrected chi connectivity index (χ1v) is 7.60. The van der Waals surface area contributed by atoms with Crippen molar-refractivity contribution in [2.75, 3.05) is 25.0 Å². The molecule has 1 atom stereocenters. The van der Waals surface area contributed by atoms with Gasteiger partial charge < -0.3 is 5.32 Å². The van der Waals surface area contributed by atoms with Crippen molar-refractivity contribution in [2.45, 2.75) is 40.2 Å². The van der Waals surface area contributed by atoms with Crippen LogP contribution in [0, 0.1) is 11.8 Å². The van der Waals surface area contributed by atoms with Crippen LogP contribution in [0.15, 0.2) is 18.3 Å². The summed E-state index contributed by atoms with van der Waals surface area (Å²) in [6.07, 6.45) is 4.40. The average molecular weight is 261 g/mol. The van der Waals surface area contributed by atoms with Crippen molar-refractivity contribution in [1.29, 1.82) is 0 Å². The van der Waals surface area contributed by atoms with Crippen LogP contribution in [-0.2, 0) is 6.54 Å². The number of anilines is 1. The van der Waals surface area contributed by atoms with Crippen molar-refractivity contribution in [3.8, 4) is 0 Å². The molecular weight excluding hydrogens is 234 g/mol. The highest BCUT2D eigenvalue weighted by atomic mass is 15.1. The third-order valence-corrected chi connectivity index (χ3v) is 4.04. The standard InChI is InChI=1S/C16H27N3/c1-4-7-17-16-10-14(5-8-18-16)11-19-9-6-15(12-19)13(2)3/h5,8,10,13,15H,4,6-7,9,11-12H2,1-3H3,(H,17,18). The van der Waals surface area contributed by atoms with Gasteiger partial charge in [0.1, 0.15) is 5.82 Å². The lowest BCUT2D eigenvalue weighted by Crippen LogP contribution is -2.21. The van der Waals surface area contributed by atoms with Crippen LogP contribution in [0.4, 0.5) is 5.82 Å². The maximum absolute atomic E-state index is 4.37. The minimum Gasteiger partial charge on any atom is -0.370 e. The molecule has 19 heavy (non-hydrogen) atoms. The second-order valence-electron chi connectivity index (χ2n) is 6.00. The molecule has 1 aromatic rings. The third-order valence-electron chi connectivity index (χ3n) is 4.04. The van der Waals surface area contributed by atoms with Crippen LogP contribution in [-0.4, -0.2) is 29.5 Å². The van der Waals surface area contributed by atoms with Gasteiger partial charge in [0.05, 0.1) is 0 Å². The molecule has 0 aliphatic carbocycles. The van der Waals surface area contributed by atoms with E-state index in [-0.39, 0.29) is 0 Å². The summed E-state index contributed by atoms with van der Waals surface area (Å²) in [5, 5.41) is 3.36. The van der Waals surface area contributed by atoms with Gasteiger partial charge in [-0.2, -0.15) is 0 Å². The minimum absolute atomic E-state index is 0.809. The van der Waals surface area contributed by atoms with E-state index < -0.39 is 0 Å². The molecule has 106 valence electrons. The van der Waals surface area contributed by atoms with E-state index in [1.165, 1.54) is 25.1 Å². The van der Waals surface area contributed by atoms with Crippen LogP contribution in [0.3, 0.4) is 0 Å². The quantitative estimate of drug-likeness (QED) is 0.851. The second-order valence-corrected chi connectivity index (χ2v) is 6.00. The highest BCUT2D eigenvalue weighted by Crippen LogP contribution is 2.25. The van der Waals surface area contributed by atoms with Gasteiger partial charge >= 0.3 is 0 Å². The van der Waals surface area contributed by atoms with Crippen LogP contribution in [0.2, 0.25) is 0 Å². The van der Waals surface area contributed by atoms with Gasteiger partial charge in [-0.05, 0) is 48.9 Å². The predicted molar refractivity (Wildman–Crippen MR) is 81.2 cm³/mol. The largest absolute Gasteiger partial charge is 0.370 e. The lowest BCUT2D eigenvalue weighted by Gasteiger charge is -2.18. The summed E-state index contributed by atoms with van der Waals surface area (Å²) >= 11 is 0. The van der Waals surface area contributed by atoms with E-state index in [0.717, 1.165) is 37.2 Å². The summed E-state index contributed by atoms with van der Waals surface area (Å²) in [6.45, 7) is 11.4. The Morgan fingerprint density at radius 2 is 2.32 bits per heavy atom. The first-order chi connectivity index (χ1) is 9.19. The van der Waals surface area contributed by atoms with Gasteiger partial charge in [-0.15, -0.1) is 0 Å². The molecule has 1 saturated heterocycles. The van der Waals surface area contributed by atoms with Crippen molar-refractivity contribution in [2.24, 2.45) is 11.8 Å². The number of likely N-dealkylation sites (tertiary alicyclic amines) is 1. The number of rotatable bonds is 6. The third kappa shape index (κ3) is 4.20. The average Bonchev–Trinajstić information content (AvgIpc) is 2.85. The molecule has 0 aromatic carbocycles. The molecule has 1 fully saturated rings. The molecule has 1 aliphatic heterocycles. The van der Waals surface area contributed by atoms with Gasteiger partial charge in [0.25, 0.3) is 0 Å². The van der Waals surface area contributed by atoms with E-state index in [9.17, 15) is 0 Å². The molecule has 0 bridgehead atoms. The van der Waals surface area contributed by atoms with E-state index in [1.54, 1.807) is 0 Å². The summed E-state index contributed by atoms with van der Waals surface area (Å²) < 4.78 is 0. The first-order valence-electron chi connectivity index (χ1n) is 7.60. The molecule has 0 saturated carbocycles. The minimum atomic E-state index is 0.809. The van der Waals surface area contributed by atoms with Crippen LogP contribution in [0.25, 0.3) is 0 Å². The zero-order valence-electron chi connectivity index (χ0n) is 12.5. The molecule has 3 nitrogen and oxygen atoms in total. The van der Waals surface area contributed by atoms with Gasteiger partial charge in [-0.1, -0.05) is 20.8 Å². The van der Waals surface area contributed by atoms with Crippen LogP contribution in [0.5, 0.6) is 0 Å². The Balaban J connectivity index is 1.89. The van der Waals surface area contributed by atoms with E-state index in [4.69, 9.17) is 0 Å². The maximum atomic E-state index is 4.37. The highest BCUT2D eigenvalue weighted by Gasteiger charge is 2.24. The van der Waals surface area contributed by atoms with Crippen molar-refractivity contribution in [3.63, 3.8) is 0 Å². The monoisotopic (exact) mass is 261 g/mol. The van der Waals surface area contributed by atoms with E-state index in [0.29, 0.717) is 0 Å². The zero-order valence-corrected chi connectivity index (χ0v) is 12.5. The molecule has 1 aliphatic rings. The Morgan fingerprint density at radius 3 is 3.00 bits per heavy atom. The van der Waals surface area contributed by atoms with Gasteiger partial charge in [-0.3, -0.25) is 4.90 Å². The van der Waals surface area contributed by atoms with E-state index >= 15 is 0 Å². The Morgan fingerprint density at radius 1 is 1.47 bits per heavy atom. The molecule has 0 amide bonds. The van der Waals surface area contributed by atoms with Gasteiger partial charge in [-0.25, -0.2) is 4.98 Å². The van der Waals surface area contributed by atoms with Crippen LogP contribution >= 0.6 is 0 Å². The Kier molecular flexibility index (Phi) is 5.20. The van der Waals surface area contributed by atoms with Crippen molar-refractivity contribution in [1.82, 2.24) is 9.88 Å². The van der Waals surface area contributed by atoms with Crippen LogP contribution < -0.4 is 5.32 Å². The van der Waals surface area contributed by atoms with Gasteiger partial charge in [0.15, 0.2) is 0 Å². The summed E-state index contributed by atoms with van der Waals surface area (Å²) in [5.41, 5.74) is 1.37. The summed E-state index contributed by atoms with van der Waals surface area (Å²) in [5.74, 6) is 2.70. The molecule has 2 rings (SSSR count). The van der Waals surface area contributed by atoms with Gasteiger partial charge in [0.2, 0.25) is 0 Å². The molecular formula is C16H27N3. The van der Waals surface area contributed by atoms with Crippen molar-refractivity contribution < 1.29 is 0 Å². The predicted octanol–water partition coefficient (Wildman–Crippen LogP) is 3.38. The summed E-state index contributed by atoms with van der Waals surface area (Å²) in [7, 11) is 0. The number of aromatic nitrogens is 1. The molecule has 1 unspecified atom stereocenters. The number of hydrogen-bond acceptors (Lipinski definition) is 3. The fourth-order valence-corrected chi connectivity index (χ4v) is 2.73. The topological polar surface area (TPSA) is 28.2 Å². The fraction of sp³-hybridized carbons (Fsp3) is 0.688. The molecule has 0 radical (unpaired) electrons. The lowest BCUT2D eigenvalue weighted by atomic mass is 9.95. The van der Waals surface area contributed by atoms with Crippen molar-refractivity contribution >= 4 is 5.82 Å². The van der Waals surface area contributed by atoms with Gasteiger partial charge in [0, 0.05) is 25.8 Å².